The van der Waals surface area contributed by atoms with Gasteiger partial charge in [0.1, 0.15) is 11.8 Å². The van der Waals surface area contributed by atoms with E-state index in [0.717, 1.165) is 23.7 Å². The molecular formula is C17H25N3O2. The number of carbonyl (C=O) groups is 1. The monoisotopic (exact) mass is 303 g/mol. The van der Waals surface area contributed by atoms with Gasteiger partial charge in [-0.15, -0.1) is 0 Å². The fourth-order valence-corrected chi connectivity index (χ4v) is 2.98. The second-order valence-corrected chi connectivity index (χ2v) is 6.25. The highest BCUT2D eigenvalue weighted by molar-refractivity contribution is 5.82. The lowest BCUT2D eigenvalue weighted by Gasteiger charge is -2.17. The third-order valence-electron chi connectivity index (χ3n) is 4.49. The standard InChI is InChI=1S/C17H25N3O2/c1-3-22-14-8-6-12(7-9-14)11(2)18-17(21)16-10-15(19-20-16)13-4-5-13/h6-9,11,13,15-16,19-20H,3-5,10H2,1-2H3,(H,18,21). The summed E-state index contributed by atoms with van der Waals surface area (Å²) in [7, 11) is 0. The minimum atomic E-state index is -0.129. The average Bonchev–Trinajstić information content (AvgIpc) is 3.25. The molecule has 1 saturated carbocycles. The molecule has 0 spiro atoms. The van der Waals surface area contributed by atoms with Gasteiger partial charge in [-0.3, -0.25) is 10.2 Å². The van der Waals surface area contributed by atoms with E-state index in [2.05, 4.69) is 16.2 Å². The molecule has 2 fully saturated rings. The molecule has 0 aromatic heterocycles. The third-order valence-corrected chi connectivity index (χ3v) is 4.49. The Balaban J connectivity index is 1.52. The fourth-order valence-electron chi connectivity index (χ4n) is 2.98. The first-order valence-electron chi connectivity index (χ1n) is 8.21. The molecule has 22 heavy (non-hydrogen) atoms. The molecule has 3 N–H and O–H groups in total. The summed E-state index contributed by atoms with van der Waals surface area (Å²) < 4.78 is 5.44. The largest absolute Gasteiger partial charge is 0.494 e. The van der Waals surface area contributed by atoms with Crippen LogP contribution >= 0.6 is 0 Å². The van der Waals surface area contributed by atoms with Crippen molar-refractivity contribution in [2.45, 2.75) is 51.2 Å². The quantitative estimate of drug-likeness (QED) is 0.751. The highest BCUT2D eigenvalue weighted by Crippen LogP contribution is 2.35. The van der Waals surface area contributed by atoms with Crippen LogP contribution in [-0.4, -0.2) is 24.6 Å². The van der Waals surface area contributed by atoms with Gasteiger partial charge in [-0.1, -0.05) is 12.1 Å². The fraction of sp³-hybridized carbons (Fsp3) is 0.588. The van der Waals surface area contributed by atoms with E-state index < -0.39 is 0 Å². The maximum atomic E-state index is 12.3. The summed E-state index contributed by atoms with van der Waals surface area (Å²) in [6, 6.07) is 8.21. The molecule has 2 aliphatic rings. The van der Waals surface area contributed by atoms with Crippen molar-refractivity contribution >= 4 is 5.91 Å². The molecule has 5 heteroatoms. The first-order chi connectivity index (χ1) is 10.7. The predicted molar refractivity (Wildman–Crippen MR) is 85.4 cm³/mol. The SMILES string of the molecule is CCOc1ccc(C(C)NC(=O)C2CC(C3CC3)NN2)cc1. The van der Waals surface area contributed by atoms with Crippen LogP contribution in [0.5, 0.6) is 5.75 Å². The van der Waals surface area contributed by atoms with Crippen LogP contribution in [0, 0.1) is 5.92 Å². The van der Waals surface area contributed by atoms with Crippen LogP contribution in [0.25, 0.3) is 0 Å². The highest BCUT2D eigenvalue weighted by Gasteiger charge is 2.38. The summed E-state index contributed by atoms with van der Waals surface area (Å²) in [5, 5.41) is 3.09. The Kier molecular flexibility index (Phi) is 4.64. The van der Waals surface area contributed by atoms with Crippen LogP contribution < -0.4 is 20.9 Å². The number of hydrazine groups is 1. The van der Waals surface area contributed by atoms with E-state index in [1.165, 1.54) is 12.8 Å². The smallest absolute Gasteiger partial charge is 0.239 e. The number of carbonyl (C=O) groups excluding carboxylic acids is 1. The van der Waals surface area contributed by atoms with E-state index in [1.54, 1.807) is 0 Å². The van der Waals surface area contributed by atoms with Gasteiger partial charge in [0.25, 0.3) is 0 Å². The van der Waals surface area contributed by atoms with Crippen molar-refractivity contribution in [3.63, 3.8) is 0 Å². The molecule has 1 aliphatic heterocycles. The molecule has 1 aliphatic carbocycles. The number of benzene rings is 1. The molecule has 0 radical (unpaired) electrons. The number of nitrogens with one attached hydrogen (secondary N) is 3. The molecule has 120 valence electrons. The van der Waals surface area contributed by atoms with E-state index in [0.29, 0.717) is 12.6 Å². The van der Waals surface area contributed by atoms with Crippen molar-refractivity contribution in [2.24, 2.45) is 5.92 Å². The van der Waals surface area contributed by atoms with Crippen molar-refractivity contribution in [2.75, 3.05) is 6.61 Å². The normalized spacial score (nSPS) is 25.7. The van der Waals surface area contributed by atoms with Gasteiger partial charge in [-0.2, -0.15) is 0 Å². The van der Waals surface area contributed by atoms with Crippen LogP contribution in [0.4, 0.5) is 0 Å². The van der Waals surface area contributed by atoms with Gasteiger partial charge in [0.2, 0.25) is 5.91 Å². The molecule has 3 atom stereocenters. The number of amides is 1. The molecule has 1 amide bonds. The van der Waals surface area contributed by atoms with Crippen LogP contribution in [0.3, 0.4) is 0 Å². The lowest BCUT2D eigenvalue weighted by Crippen LogP contribution is -2.44. The van der Waals surface area contributed by atoms with Gasteiger partial charge >= 0.3 is 0 Å². The number of rotatable bonds is 6. The molecule has 3 unspecified atom stereocenters. The number of hydrogen-bond acceptors (Lipinski definition) is 4. The summed E-state index contributed by atoms with van der Waals surface area (Å²) in [4.78, 5) is 12.3. The van der Waals surface area contributed by atoms with Gasteiger partial charge in [0.05, 0.1) is 12.6 Å². The van der Waals surface area contributed by atoms with Crippen LogP contribution in [0.15, 0.2) is 24.3 Å². The second-order valence-electron chi connectivity index (χ2n) is 6.25. The number of ether oxygens (including phenoxy) is 1. The van der Waals surface area contributed by atoms with Crippen molar-refractivity contribution in [3.8, 4) is 5.75 Å². The Morgan fingerprint density at radius 3 is 2.68 bits per heavy atom. The maximum absolute atomic E-state index is 12.3. The summed E-state index contributed by atoms with van der Waals surface area (Å²) in [5.41, 5.74) is 7.47. The average molecular weight is 303 g/mol. The molecule has 1 heterocycles. The summed E-state index contributed by atoms with van der Waals surface area (Å²) in [6.45, 7) is 4.64. The van der Waals surface area contributed by atoms with E-state index in [1.807, 2.05) is 38.1 Å². The Morgan fingerprint density at radius 1 is 1.32 bits per heavy atom. The molecule has 1 aromatic rings. The number of hydrogen-bond donors (Lipinski definition) is 3. The zero-order valence-corrected chi connectivity index (χ0v) is 13.3. The van der Waals surface area contributed by atoms with Gasteiger partial charge in [0.15, 0.2) is 0 Å². The predicted octanol–water partition coefficient (Wildman–Crippen LogP) is 1.91. The van der Waals surface area contributed by atoms with Gasteiger partial charge in [0, 0.05) is 6.04 Å². The molecule has 1 aromatic carbocycles. The molecule has 0 bridgehead atoms. The van der Waals surface area contributed by atoms with E-state index in [4.69, 9.17) is 4.74 Å². The topological polar surface area (TPSA) is 62.4 Å². The van der Waals surface area contributed by atoms with Gasteiger partial charge in [-0.05, 0) is 56.7 Å². The Hall–Kier alpha value is -1.59. The molecular weight excluding hydrogens is 278 g/mol. The summed E-state index contributed by atoms with van der Waals surface area (Å²) in [5.74, 6) is 1.68. The van der Waals surface area contributed by atoms with E-state index in [-0.39, 0.29) is 18.0 Å². The molecule has 5 nitrogen and oxygen atoms in total. The van der Waals surface area contributed by atoms with E-state index in [9.17, 15) is 4.79 Å². The Morgan fingerprint density at radius 2 is 2.05 bits per heavy atom. The summed E-state index contributed by atoms with van der Waals surface area (Å²) >= 11 is 0. The first kappa shape index (κ1) is 15.3. The van der Waals surface area contributed by atoms with Gasteiger partial charge < -0.3 is 10.1 Å². The van der Waals surface area contributed by atoms with Crippen molar-refractivity contribution in [1.82, 2.24) is 16.2 Å². The van der Waals surface area contributed by atoms with Crippen LogP contribution in [0.2, 0.25) is 0 Å². The van der Waals surface area contributed by atoms with Gasteiger partial charge in [-0.25, -0.2) is 5.43 Å². The third kappa shape index (κ3) is 3.59. The molecule has 1 saturated heterocycles. The highest BCUT2D eigenvalue weighted by atomic mass is 16.5. The Labute approximate surface area is 131 Å². The first-order valence-corrected chi connectivity index (χ1v) is 8.21. The molecule has 3 rings (SSSR count). The van der Waals surface area contributed by atoms with Crippen molar-refractivity contribution in [3.05, 3.63) is 29.8 Å². The van der Waals surface area contributed by atoms with Crippen molar-refractivity contribution in [1.29, 1.82) is 0 Å². The maximum Gasteiger partial charge on any atom is 0.239 e. The minimum absolute atomic E-state index is 0.00930. The van der Waals surface area contributed by atoms with Crippen molar-refractivity contribution < 1.29 is 9.53 Å². The lowest BCUT2D eigenvalue weighted by atomic mass is 10.0. The Bertz CT molecular complexity index is 513. The minimum Gasteiger partial charge on any atom is -0.494 e. The van der Waals surface area contributed by atoms with Crippen LogP contribution in [-0.2, 0) is 4.79 Å². The zero-order valence-electron chi connectivity index (χ0n) is 13.3. The van der Waals surface area contributed by atoms with E-state index >= 15 is 0 Å². The zero-order chi connectivity index (χ0) is 15.5. The van der Waals surface area contributed by atoms with Crippen LogP contribution in [0.1, 0.15) is 44.7 Å². The summed E-state index contributed by atoms with van der Waals surface area (Å²) in [6.07, 6.45) is 3.46. The second kappa shape index (κ2) is 6.67. The lowest BCUT2D eigenvalue weighted by molar-refractivity contribution is -0.123.